The first kappa shape index (κ1) is 14.2. The summed E-state index contributed by atoms with van der Waals surface area (Å²) < 4.78 is 0. The number of phenols is 1. The lowest BCUT2D eigenvalue weighted by Crippen LogP contribution is -2.23. The van der Waals surface area contributed by atoms with Gasteiger partial charge in [-0.1, -0.05) is 23.2 Å². The van der Waals surface area contributed by atoms with E-state index in [2.05, 4.69) is 4.99 Å². The van der Waals surface area contributed by atoms with E-state index >= 15 is 0 Å². The number of amidine groups is 1. The number of phenolic OH excluding ortho intramolecular Hbond substituents is 1. The van der Waals surface area contributed by atoms with Crippen LogP contribution in [0.25, 0.3) is 6.08 Å². The standard InChI is InChI=1S/C12H10Cl2N2O2S/c1-15-12-16(2)11(18)9(19-12)5-6-3-7(13)10(17)8(14)4-6/h3-5,17H,1-2H3/b9-5-,15-12?. The van der Waals surface area contributed by atoms with E-state index in [9.17, 15) is 9.90 Å². The average Bonchev–Trinajstić information content (AvgIpc) is 2.63. The Labute approximate surface area is 124 Å². The van der Waals surface area contributed by atoms with Crippen molar-refractivity contribution in [2.24, 2.45) is 4.99 Å². The maximum absolute atomic E-state index is 12.0. The molecule has 1 fully saturated rings. The van der Waals surface area contributed by atoms with Gasteiger partial charge < -0.3 is 5.11 Å². The Balaban J connectivity index is 2.40. The Kier molecular flexibility index (Phi) is 4.08. The minimum Gasteiger partial charge on any atom is -0.505 e. The first-order valence-electron chi connectivity index (χ1n) is 5.26. The van der Waals surface area contributed by atoms with Crippen LogP contribution in [0.3, 0.4) is 0 Å². The zero-order chi connectivity index (χ0) is 14.2. The number of likely N-dealkylation sites (N-methyl/N-ethyl adjacent to an activating group) is 1. The summed E-state index contributed by atoms with van der Waals surface area (Å²) in [5.74, 6) is -0.297. The first-order valence-corrected chi connectivity index (χ1v) is 6.83. The second kappa shape index (κ2) is 5.45. The van der Waals surface area contributed by atoms with Crippen LogP contribution in [0.4, 0.5) is 0 Å². The highest BCUT2D eigenvalue weighted by Gasteiger charge is 2.29. The highest BCUT2D eigenvalue weighted by atomic mass is 35.5. The van der Waals surface area contributed by atoms with E-state index in [0.29, 0.717) is 15.6 Å². The first-order chi connectivity index (χ1) is 8.93. The lowest BCUT2D eigenvalue weighted by atomic mass is 10.2. The van der Waals surface area contributed by atoms with Gasteiger partial charge in [-0.05, 0) is 35.5 Å². The topological polar surface area (TPSA) is 52.9 Å². The van der Waals surface area contributed by atoms with Crippen molar-refractivity contribution in [1.82, 2.24) is 4.90 Å². The molecule has 1 aliphatic heterocycles. The van der Waals surface area contributed by atoms with Gasteiger partial charge in [0.2, 0.25) is 0 Å². The van der Waals surface area contributed by atoms with Crippen LogP contribution < -0.4 is 0 Å². The van der Waals surface area contributed by atoms with Gasteiger partial charge in [0.1, 0.15) is 0 Å². The number of rotatable bonds is 1. The number of nitrogens with zero attached hydrogens (tertiary/aromatic N) is 2. The van der Waals surface area contributed by atoms with Gasteiger partial charge in [0.05, 0.1) is 15.0 Å². The fourth-order valence-electron chi connectivity index (χ4n) is 1.57. The van der Waals surface area contributed by atoms with E-state index in [-0.39, 0.29) is 21.7 Å². The molecule has 100 valence electrons. The van der Waals surface area contributed by atoms with Crippen LogP contribution in [0.2, 0.25) is 10.0 Å². The highest BCUT2D eigenvalue weighted by molar-refractivity contribution is 8.18. The zero-order valence-electron chi connectivity index (χ0n) is 10.1. The quantitative estimate of drug-likeness (QED) is 0.809. The van der Waals surface area contributed by atoms with Gasteiger partial charge in [0, 0.05) is 14.1 Å². The van der Waals surface area contributed by atoms with Crippen molar-refractivity contribution >= 4 is 52.1 Å². The fraction of sp³-hybridized carbons (Fsp3) is 0.167. The second-order valence-electron chi connectivity index (χ2n) is 3.81. The van der Waals surface area contributed by atoms with Crippen LogP contribution in [-0.2, 0) is 4.79 Å². The monoisotopic (exact) mass is 316 g/mol. The highest BCUT2D eigenvalue weighted by Crippen LogP contribution is 2.36. The van der Waals surface area contributed by atoms with Crippen molar-refractivity contribution in [3.8, 4) is 5.75 Å². The summed E-state index contributed by atoms with van der Waals surface area (Å²) in [6.07, 6.45) is 1.67. The SMILES string of the molecule is CN=C1S/C(=C\c2cc(Cl)c(O)c(Cl)c2)C(=O)N1C. The van der Waals surface area contributed by atoms with Crippen molar-refractivity contribution in [2.75, 3.05) is 14.1 Å². The molecular formula is C12H10Cl2N2O2S. The van der Waals surface area contributed by atoms with Gasteiger partial charge in [-0.3, -0.25) is 14.7 Å². The van der Waals surface area contributed by atoms with Crippen LogP contribution in [0.15, 0.2) is 22.0 Å². The van der Waals surface area contributed by atoms with E-state index in [0.717, 1.165) is 0 Å². The molecule has 0 aliphatic carbocycles. The molecule has 1 aromatic rings. The summed E-state index contributed by atoms with van der Waals surface area (Å²) in [5, 5.41) is 10.4. The minimum atomic E-state index is -0.163. The molecule has 1 heterocycles. The largest absolute Gasteiger partial charge is 0.505 e. The van der Waals surface area contributed by atoms with E-state index < -0.39 is 0 Å². The number of hydrogen-bond acceptors (Lipinski definition) is 4. The maximum atomic E-state index is 12.0. The van der Waals surface area contributed by atoms with Crippen LogP contribution in [-0.4, -0.2) is 35.2 Å². The van der Waals surface area contributed by atoms with Gasteiger partial charge in [-0.25, -0.2) is 0 Å². The van der Waals surface area contributed by atoms with Gasteiger partial charge in [-0.2, -0.15) is 0 Å². The number of benzene rings is 1. The molecule has 1 saturated heterocycles. The summed E-state index contributed by atoms with van der Waals surface area (Å²) in [5.41, 5.74) is 0.648. The predicted molar refractivity (Wildman–Crippen MR) is 79.8 cm³/mol. The Hall–Kier alpha value is -1.17. The third-order valence-corrected chi connectivity index (χ3v) is 4.26. The van der Waals surface area contributed by atoms with E-state index in [1.54, 1.807) is 32.3 Å². The second-order valence-corrected chi connectivity index (χ2v) is 5.64. The smallest absolute Gasteiger partial charge is 0.266 e. The van der Waals surface area contributed by atoms with Crippen LogP contribution >= 0.6 is 35.0 Å². The van der Waals surface area contributed by atoms with Crippen molar-refractivity contribution in [3.05, 3.63) is 32.6 Å². The molecule has 1 N–H and O–H groups in total. The third kappa shape index (κ3) is 2.73. The summed E-state index contributed by atoms with van der Waals surface area (Å²) in [6, 6.07) is 3.09. The molecule has 1 amide bonds. The lowest BCUT2D eigenvalue weighted by molar-refractivity contribution is -0.121. The normalized spacial score (nSPS) is 19.8. The lowest BCUT2D eigenvalue weighted by Gasteiger charge is -2.05. The number of carbonyl (C=O) groups excluding carboxylic acids is 1. The molecule has 0 bridgehead atoms. The van der Waals surface area contributed by atoms with Crippen LogP contribution in [0.5, 0.6) is 5.75 Å². The van der Waals surface area contributed by atoms with Crippen LogP contribution in [0.1, 0.15) is 5.56 Å². The molecule has 1 aromatic carbocycles. The summed E-state index contributed by atoms with van der Waals surface area (Å²) >= 11 is 12.9. The van der Waals surface area contributed by atoms with Gasteiger partial charge >= 0.3 is 0 Å². The number of thioether (sulfide) groups is 1. The molecule has 19 heavy (non-hydrogen) atoms. The molecule has 1 aliphatic rings. The molecule has 4 nitrogen and oxygen atoms in total. The fourth-order valence-corrected chi connectivity index (χ4v) is 3.00. The van der Waals surface area contributed by atoms with Crippen molar-refractivity contribution < 1.29 is 9.90 Å². The number of hydrogen-bond donors (Lipinski definition) is 1. The van der Waals surface area contributed by atoms with Gasteiger partial charge in [0.15, 0.2) is 10.9 Å². The molecule has 0 aromatic heterocycles. The molecular weight excluding hydrogens is 307 g/mol. The number of halogens is 2. The van der Waals surface area contributed by atoms with E-state index in [1.807, 2.05) is 0 Å². The number of carbonyl (C=O) groups is 1. The number of aromatic hydroxyl groups is 1. The van der Waals surface area contributed by atoms with Crippen LogP contribution in [0, 0.1) is 0 Å². The molecule has 0 unspecified atom stereocenters. The minimum absolute atomic E-state index is 0.133. The molecule has 2 rings (SSSR count). The predicted octanol–water partition coefficient (Wildman–Crippen LogP) is 3.23. The zero-order valence-corrected chi connectivity index (χ0v) is 12.5. The molecule has 0 atom stereocenters. The molecule has 0 saturated carbocycles. The number of amides is 1. The summed E-state index contributed by atoms with van der Waals surface area (Å²) in [7, 11) is 3.29. The van der Waals surface area contributed by atoms with Gasteiger partial charge in [0.25, 0.3) is 5.91 Å². The molecule has 0 radical (unpaired) electrons. The molecule has 7 heteroatoms. The van der Waals surface area contributed by atoms with Gasteiger partial charge in [-0.15, -0.1) is 0 Å². The van der Waals surface area contributed by atoms with Crippen molar-refractivity contribution in [1.29, 1.82) is 0 Å². The summed E-state index contributed by atoms with van der Waals surface area (Å²) in [4.78, 5) is 18.0. The number of aliphatic imine (C=N–C) groups is 1. The van der Waals surface area contributed by atoms with E-state index in [4.69, 9.17) is 23.2 Å². The Bertz CT molecular complexity index is 591. The Morgan fingerprint density at radius 1 is 1.37 bits per heavy atom. The Morgan fingerprint density at radius 3 is 2.42 bits per heavy atom. The van der Waals surface area contributed by atoms with E-state index in [1.165, 1.54) is 16.7 Å². The van der Waals surface area contributed by atoms with Crippen molar-refractivity contribution in [3.63, 3.8) is 0 Å². The van der Waals surface area contributed by atoms with Crippen molar-refractivity contribution in [2.45, 2.75) is 0 Å². The third-order valence-electron chi connectivity index (χ3n) is 2.53. The Morgan fingerprint density at radius 2 is 1.95 bits per heavy atom. The average molecular weight is 317 g/mol. The summed E-state index contributed by atoms with van der Waals surface area (Å²) in [6.45, 7) is 0. The molecule has 0 spiro atoms. The maximum Gasteiger partial charge on any atom is 0.266 e.